The summed E-state index contributed by atoms with van der Waals surface area (Å²) in [6, 6.07) is 1.97. The topological polar surface area (TPSA) is 64.7 Å². The summed E-state index contributed by atoms with van der Waals surface area (Å²) in [5.41, 5.74) is 7.98. The quantitative estimate of drug-likeness (QED) is 0.907. The molecule has 0 unspecified atom stereocenters. The third-order valence-electron chi connectivity index (χ3n) is 2.15. The third-order valence-corrected chi connectivity index (χ3v) is 4.04. The molecule has 0 saturated heterocycles. The first-order valence-corrected chi connectivity index (χ1v) is 6.42. The van der Waals surface area contributed by atoms with Crippen LogP contribution < -0.4 is 5.73 Å². The van der Waals surface area contributed by atoms with E-state index in [9.17, 15) is 0 Å². The van der Waals surface area contributed by atoms with Crippen molar-refractivity contribution in [1.29, 1.82) is 0 Å². The maximum atomic E-state index is 5.72. The molecule has 2 heterocycles. The summed E-state index contributed by atoms with van der Waals surface area (Å²) in [5.74, 6) is 0.800. The van der Waals surface area contributed by atoms with Crippen molar-refractivity contribution in [3.63, 3.8) is 0 Å². The van der Waals surface area contributed by atoms with Crippen LogP contribution in [0, 0.1) is 13.8 Å². The van der Waals surface area contributed by atoms with Crippen LogP contribution in [0.25, 0.3) is 0 Å². The monoisotopic (exact) mass is 252 g/mol. The van der Waals surface area contributed by atoms with Gasteiger partial charge in [-0.2, -0.15) is 4.37 Å². The van der Waals surface area contributed by atoms with E-state index in [1.165, 1.54) is 28.9 Å². The van der Waals surface area contributed by atoms with Gasteiger partial charge in [-0.05, 0) is 48.8 Å². The standard InChI is InChI=1S/C10H12N4S2/c1-6-3-4-12-9(8(6)5-11)15-10-13-7(2)14-16-10/h3-4H,5,11H2,1-2H3. The fourth-order valence-electron chi connectivity index (χ4n) is 1.30. The first-order chi connectivity index (χ1) is 7.70. The normalized spacial score (nSPS) is 10.7. The Kier molecular flexibility index (Phi) is 3.52. The number of nitrogens with zero attached hydrogens (tertiary/aromatic N) is 3. The van der Waals surface area contributed by atoms with Crippen LogP contribution >= 0.6 is 23.3 Å². The van der Waals surface area contributed by atoms with Crippen LogP contribution in [0.5, 0.6) is 0 Å². The van der Waals surface area contributed by atoms with Gasteiger partial charge in [0.15, 0.2) is 4.34 Å². The van der Waals surface area contributed by atoms with E-state index in [0.29, 0.717) is 6.54 Å². The first-order valence-electron chi connectivity index (χ1n) is 4.83. The van der Waals surface area contributed by atoms with Gasteiger partial charge in [0.2, 0.25) is 0 Å². The predicted molar refractivity (Wildman–Crippen MR) is 65.6 cm³/mol. The minimum absolute atomic E-state index is 0.500. The van der Waals surface area contributed by atoms with Crippen molar-refractivity contribution >= 4 is 23.3 Å². The van der Waals surface area contributed by atoms with Crippen LogP contribution in [-0.4, -0.2) is 14.3 Å². The van der Waals surface area contributed by atoms with Gasteiger partial charge in [-0.15, -0.1) is 0 Å². The SMILES string of the molecule is Cc1nsc(Sc2nccc(C)c2CN)n1. The van der Waals surface area contributed by atoms with Crippen molar-refractivity contribution in [1.82, 2.24) is 14.3 Å². The number of pyridine rings is 1. The molecule has 0 aliphatic rings. The van der Waals surface area contributed by atoms with Gasteiger partial charge in [0.05, 0.1) is 0 Å². The second kappa shape index (κ2) is 4.90. The van der Waals surface area contributed by atoms with Crippen molar-refractivity contribution in [3.8, 4) is 0 Å². The molecule has 0 spiro atoms. The summed E-state index contributed by atoms with van der Waals surface area (Å²) in [6.45, 7) is 4.42. The van der Waals surface area contributed by atoms with Crippen molar-refractivity contribution in [2.24, 2.45) is 5.73 Å². The van der Waals surface area contributed by atoms with Crippen LogP contribution in [0.4, 0.5) is 0 Å². The molecular weight excluding hydrogens is 240 g/mol. The lowest BCUT2D eigenvalue weighted by atomic mass is 10.2. The zero-order valence-corrected chi connectivity index (χ0v) is 10.7. The molecule has 84 valence electrons. The van der Waals surface area contributed by atoms with Crippen LogP contribution in [0.3, 0.4) is 0 Å². The highest BCUT2D eigenvalue weighted by Gasteiger charge is 2.10. The number of aromatic nitrogens is 3. The summed E-state index contributed by atoms with van der Waals surface area (Å²) in [5, 5.41) is 0.929. The van der Waals surface area contributed by atoms with E-state index < -0.39 is 0 Å². The highest BCUT2D eigenvalue weighted by molar-refractivity contribution is 8.00. The molecule has 0 radical (unpaired) electrons. The number of rotatable bonds is 3. The molecule has 0 aliphatic carbocycles. The molecule has 0 aromatic carbocycles. The van der Waals surface area contributed by atoms with E-state index in [1.807, 2.05) is 19.9 Å². The molecule has 2 rings (SSSR count). The second-order valence-electron chi connectivity index (χ2n) is 3.33. The Balaban J connectivity index is 2.30. The minimum Gasteiger partial charge on any atom is -0.326 e. The zero-order valence-electron chi connectivity index (χ0n) is 9.10. The Morgan fingerprint density at radius 1 is 1.44 bits per heavy atom. The predicted octanol–water partition coefficient (Wildman–Crippen LogP) is 2.16. The molecule has 0 bridgehead atoms. The first kappa shape index (κ1) is 11.5. The number of nitrogens with two attached hydrogens (primary N) is 1. The third kappa shape index (κ3) is 2.40. The Morgan fingerprint density at radius 3 is 2.88 bits per heavy atom. The molecule has 16 heavy (non-hydrogen) atoms. The summed E-state index contributed by atoms with van der Waals surface area (Å²) < 4.78 is 5.05. The average Bonchev–Trinajstić information content (AvgIpc) is 2.64. The molecule has 2 N–H and O–H groups in total. The Hall–Kier alpha value is -0.980. The van der Waals surface area contributed by atoms with Crippen LogP contribution in [0.2, 0.25) is 0 Å². The van der Waals surface area contributed by atoms with Crippen LogP contribution in [0.15, 0.2) is 21.6 Å². The molecule has 0 aliphatic heterocycles. The molecule has 6 heteroatoms. The molecule has 0 amide bonds. The van der Waals surface area contributed by atoms with E-state index in [-0.39, 0.29) is 0 Å². The van der Waals surface area contributed by atoms with E-state index in [4.69, 9.17) is 5.73 Å². The van der Waals surface area contributed by atoms with Gasteiger partial charge < -0.3 is 5.73 Å². The Morgan fingerprint density at radius 2 is 2.25 bits per heavy atom. The second-order valence-corrected chi connectivity index (χ2v) is 5.31. The van der Waals surface area contributed by atoms with Gasteiger partial charge >= 0.3 is 0 Å². The molecule has 0 atom stereocenters. The molecule has 4 nitrogen and oxygen atoms in total. The highest BCUT2D eigenvalue weighted by Crippen LogP contribution is 2.30. The molecule has 0 saturated carbocycles. The Bertz CT molecular complexity index is 495. The van der Waals surface area contributed by atoms with E-state index in [2.05, 4.69) is 14.3 Å². The van der Waals surface area contributed by atoms with Gasteiger partial charge in [0.1, 0.15) is 10.9 Å². The lowest BCUT2D eigenvalue weighted by Gasteiger charge is -2.06. The molecule has 2 aromatic rings. The highest BCUT2D eigenvalue weighted by atomic mass is 32.2. The largest absolute Gasteiger partial charge is 0.326 e. The van der Waals surface area contributed by atoms with Crippen LogP contribution in [-0.2, 0) is 6.54 Å². The molecular formula is C10H12N4S2. The number of aryl methyl sites for hydroxylation is 2. The smallest absolute Gasteiger partial charge is 0.176 e. The van der Waals surface area contributed by atoms with E-state index >= 15 is 0 Å². The number of hydrogen-bond acceptors (Lipinski definition) is 6. The summed E-state index contributed by atoms with van der Waals surface area (Å²) >= 11 is 2.92. The van der Waals surface area contributed by atoms with Crippen molar-refractivity contribution < 1.29 is 0 Å². The van der Waals surface area contributed by atoms with Gasteiger partial charge in [-0.25, -0.2) is 9.97 Å². The fraction of sp³-hybridized carbons (Fsp3) is 0.300. The van der Waals surface area contributed by atoms with E-state index in [1.54, 1.807) is 6.20 Å². The van der Waals surface area contributed by atoms with Crippen molar-refractivity contribution in [2.75, 3.05) is 0 Å². The molecule has 2 aromatic heterocycles. The summed E-state index contributed by atoms with van der Waals surface area (Å²) in [4.78, 5) is 8.64. The van der Waals surface area contributed by atoms with Crippen molar-refractivity contribution in [3.05, 3.63) is 29.2 Å². The van der Waals surface area contributed by atoms with Gasteiger partial charge in [-0.3, -0.25) is 0 Å². The fourth-order valence-corrected chi connectivity index (χ4v) is 3.05. The van der Waals surface area contributed by atoms with Crippen molar-refractivity contribution in [2.45, 2.75) is 29.8 Å². The zero-order chi connectivity index (χ0) is 11.5. The maximum absolute atomic E-state index is 5.72. The summed E-state index contributed by atoms with van der Waals surface area (Å²) in [6.07, 6.45) is 1.80. The lowest BCUT2D eigenvalue weighted by Crippen LogP contribution is -2.02. The van der Waals surface area contributed by atoms with Gasteiger partial charge in [-0.1, -0.05) is 0 Å². The summed E-state index contributed by atoms with van der Waals surface area (Å²) in [7, 11) is 0. The van der Waals surface area contributed by atoms with Gasteiger partial charge in [0, 0.05) is 18.3 Å². The van der Waals surface area contributed by atoms with E-state index in [0.717, 1.165) is 20.8 Å². The van der Waals surface area contributed by atoms with Gasteiger partial charge in [0.25, 0.3) is 0 Å². The Labute approximate surface area is 102 Å². The number of hydrogen-bond donors (Lipinski definition) is 1. The minimum atomic E-state index is 0.500. The lowest BCUT2D eigenvalue weighted by molar-refractivity contribution is 0.941. The maximum Gasteiger partial charge on any atom is 0.176 e. The van der Waals surface area contributed by atoms with Crippen LogP contribution in [0.1, 0.15) is 17.0 Å². The molecule has 0 fully saturated rings. The average molecular weight is 252 g/mol.